The van der Waals surface area contributed by atoms with E-state index in [1.54, 1.807) is 51.7 Å². The molecule has 1 heterocycles. The van der Waals surface area contributed by atoms with Gasteiger partial charge in [-0.3, -0.25) is 4.79 Å². The quantitative estimate of drug-likeness (QED) is 0.883. The first-order valence-electron chi connectivity index (χ1n) is 8.29. The molecular weight excluding hydrogens is 350 g/mol. The number of aromatic nitrogens is 1. The van der Waals surface area contributed by atoms with E-state index in [-0.39, 0.29) is 5.91 Å². The number of alkyl carbamates (subject to hydrolysis) is 1. The van der Waals surface area contributed by atoms with E-state index in [1.807, 2.05) is 31.2 Å². The van der Waals surface area contributed by atoms with E-state index in [1.165, 1.54) is 4.90 Å². The molecule has 0 saturated heterocycles. The van der Waals surface area contributed by atoms with Crippen molar-refractivity contribution in [3.8, 4) is 10.4 Å². The highest BCUT2D eigenvalue weighted by Crippen LogP contribution is 2.28. The highest BCUT2D eigenvalue weighted by Gasteiger charge is 2.27. The maximum atomic E-state index is 12.6. The summed E-state index contributed by atoms with van der Waals surface area (Å²) in [5.74, 6) is -0.224. The number of ether oxygens (including phenoxy) is 1. The van der Waals surface area contributed by atoms with Crippen molar-refractivity contribution in [2.45, 2.75) is 39.3 Å². The average molecular weight is 375 g/mol. The van der Waals surface area contributed by atoms with Crippen LogP contribution in [0.3, 0.4) is 0 Å². The molecule has 1 aromatic heterocycles. The van der Waals surface area contributed by atoms with Crippen LogP contribution in [0.25, 0.3) is 10.4 Å². The second-order valence-electron chi connectivity index (χ2n) is 7.20. The number of aryl methyl sites for hydroxylation is 1. The van der Waals surface area contributed by atoms with Crippen molar-refractivity contribution in [1.29, 1.82) is 0 Å². The van der Waals surface area contributed by atoms with Crippen LogP contribution in [0.4, 0.5) is 4.79 Å². The molecule has 2 aromatic rings. The van der Waals surface area contributed by atoms with Gasteiger partial charge in [-0.25, -0.2) is 9.78 Å². The smallest absolute Gasteiger partial charge is 0.408 e. The second kappa shape index (κ2) is 7.86. The zero-order valence-electron chi connectivity index (χ0n) is 16.0. The Labute approximate surface area is 158 Å². The Hall–Kier alpha value is -2.41. The molecule has 0 fully saturated rings. The van der Waals surface area contributed by atoms with Gasteiger partial charge in [0.1, 0.15) is 11.6 Å². The summed E-state index contributed by atoms with van der Waals surface area (Å²) in [7, 11) is 3.31. The van der Waals surface area contributed by atoms with E-state index >= 15 is 0 Å². The van der Waals surface area contributed by atoms with Gasteiger partial charge >= 0.3 is 6.09 Å². The summed E-state index contributed by atoms with van der Waals surface area (Å²) in [6.45, 7) is 7.30. The fourth-order valence-electron chi connectivity index (χ4n) is 2.38. The Kier molecular flexibility index (Phi) is 6.02. The number of benzene rings is 1. The fraction of sp³-hybridized carbons (Fsp3) is 0.421. The predicted octanol–water partition coefficient (Wildman–Crippen LogP) is 3.77. The number of hydrogen-bond donors (Lipinski definition) is 1. The highest BCUT2D eigenvalue weighted by molar-refractivity contribution is 7.13. The van der Waals surface area contributed by atoms with Crippen molar-refractivity contribution >= 4 is 23.3 Å². The van der Waals surface area contributed by atoms with Crippen LogP contribution in [0.5, 0.6) is 0 Å². The van der Waals surface area contributed by atoms with Crippen molar-refractivity contribution in [2.75, 3.05) is 14.1 Å². The standard InChI is InChI=1S/C19H25N3O3S/c1-12-16(26-11-20-12)14-9-7-13(8-10-14)15(17(23)22(5)6)21-18(24)25-19(2,3)4/h7-11,15H,1-6H3,(H,21,24)/t15-/m1/s1. The van der Waals surface area contributed by atoms with E-state index in [9.17, 15) is 9.59 Å². The topological polar surface area (TPSA) is 71.5 Å². The van der Waals surface area contributed by atoms with Gasteiger partial charge in [-0.15, -0.1) is 11.3 Å². The zero-order chi connectivity index (χ0) is 19.5. The van der Waals surface area contributed by atoms with Crippen LogP contribution < -0.4 is 5.32 Å². The van der Waals surface area contributed by atoms with E-state index in [4.69, 9.17) is 4.74 Å². The molecule has 0 saturated carbocycles. The summed E-state index contributed by atoms with van der Waals surface area (Å²) in [6.07, 6.45) is -0.625. The molecule has 2 rings (SSSR count). The summed E-state index contributed by atoms with van der Waals surface area (Å²) >= 11 is 1.57. The van der Waals surface area contributed by atoms with Gasteiger partial charge in [0.15, 0.2) is 0 Å². The van der Waals surface area contributed by atoms with Crippen LogP contribution in [-0.4, -0.2) is 41.6 Å². The summed E-state index contributed by atoms with van der Waals surface area (Å²) in [6, 6.07) is 6.75. The molecule has 1 aromatic carbocycles. The first-order chi connectivity index (χ1) is 12.1. The number of thiazole rings is 1. The Morgan fingerprint density at radius 1 is 1.19 bits per heavy atom. The number of carbonyl (C=O) groups excluding carboxylic acids is 2. The first kappa shape index (κ1) is 19.9. The third-order valence-electron chi connectivity index (χ3n) is 3.60. The summed E-state index contributed by atoms with van der Waals surface area (Å²) in [4.78, 5) is 31.5. The third-order valence-corrected chi connectivity index (χ3v) is 4.58. The predicted molar refractivity (Wildman–Crippen MR) is 103 cm³/mol. The Morgan fingerprint density at radius 2 is 1.81 bits per heavy atom. The van der Waals surface area contributed by atoms with Crippen molar-refractivity contribution in [3.05, 3.63) is 41.0 Å². The molecule has 7 heteroatoms. The summed E-state index contributed by atoms with van der Waals surface area (Å²) in [5.41, 5.74) is 3.86. The van der Waals surface area contributed by atoms with Gasteiger partial charge in [-0.1, -0.05) is 24.3 Å². The molecule has 0 unspecified atom stereocenters. The summed E-state index contributed by atoms with van der Waals surface area (Å²) < 4.78 is 5.29. The average Bonchev–Trinajstić information content (AvgIpc) is 2.96. The summed E-state index contributed by atoms with van der Waals surface area (Å²) in [5, 5.41) is 2.67. The number of likely N-dealkylation sites (N-methyl/N-ethyl adjacent to an activating group) is 1. The number of carbonyl (C=O) groups is 2. The number of hydrogen-bond acceptors (Lipinski definition) is 5. The van der Waals surface area contributed by atoms with Crippen LogP contribution in [0.2, 0.25) is 0 Å². The molecule has 26 heavy (non-hydrogen) atoms. The molecule has 0 bridgehead atoms. The van der Waals surface area contributed by atoms with Gasteiger partial charge in [0, 0.05) is 14.1 Å². The van der Waals surface area contributed by atoms with Crippen LogP contribution in [0.15, 0.2) is 29.8 Å². The van der Waals surface area contributed by atoms with Gasteiger partial charge in [0.2, 0.25) is 5.91 Å². The lowest BCUT2D eigenvalue weighted by molar-refractivity contribution is -0.131. The van der Waals surface area contributed by atoms with Crippen LogP contribution in [0.1, 0.15) is 38.1 Å². The Morgan fingerprint density at radius 3 is 2.27 bits per heavy atom. The molecule has 6 nitrogen and oxygen atoms in total. The number of rotatable bonds is 4. The molecule has 1 atom stereocenters. The van der Waals surface area contributed by atoms with Gasteiger partial charge in [0.25, 0.3) is 0 Å². The number of nitrogens with one attached hydrogen (secondary N) is 1. The molecule has 2 amide bonds. The third kappa shape index (κ3) is 5.05. The molecule has 0 radical (unpaired) electrons. The van der Waals surface area contributed by atoms with E-state index < -0.39 is 17.7 Å². The van der Waals surface area contributed by atoms with Crippen molar-refractivity contribution in [3.63, 3.8) is 0 Å². The Bertz CT molecular complexity index is 776. The van der Waals surface area contributed by atoms with Gasteiger partial charge in [0.05, 0.1) is 16.1 Å². The van der Waals surface area contributed by atoms with E-state index in [2.05, 4.69) is 10.3 Å². The largest absolute Gasteiger partial charge is 0.444 e. The maximum absolute atomic E-state index is 12.6. The number of nitrogens with zero attached hydrogens (tertiary/aromatic N) is 2. The molecule has 1 N–H and O–H groups in total. The Balaban J connectivity index is 2.26. The van der Waals surface area contributed by atoms with Gasteiger partial charge in [-0.2, -0.15) is 0 Å². The number of amides is 2. The molecule has 0 aliphatic rings. The monoisotopic (exact) mass is 375 g/mol. The van der Waals surface area contributed by atoms with Crippen LogP contribution in [-0.2, 0) is 9.53 Å². The minimum absolute atomic E-state index is 0.224. The van der Waals surface area contributed by atoms with Crippen molar-refractivity contribution in [1.82, 2.24) is 15.2 Å². The lowest BCUT2D eigenvalue weighted by Crippen LogP contribution is -2.42. The van der Waals surface area contributed by atoms with Crippen molar-refractivity contribution < 1.29 is 14.3 Å². The SMILES string of the molecule is Cc1ncsc1-c1ccc([C@@H](NC(=O)OC(C)(C)C)C(=O)N(C)C)cc1. The molecule has 0 spiro atoms. The minimum Gasteiger partial charge on any atom is -0.444 e. The van der Waals surface area contributed by atoms with Crippen LogP contribution in [0, 0.1) is 6.92 Å². The zero-order valence-corrected chi connectivity index (χ0v) is 16.8. The van der Waals surface area contributed by atoms with Crippen molar-refractivity contribution in [2.24, 2.45) is 0 Å². The van der Waals surface area contributed by atoms with E-state index in [0.717, 1.165) is 16.1 Å². The molecule has 140 valence electrons. The van der Waals surface area contributed by atoms with Gasteiger partial charge in [-0.05, 0) is 38.8 Å². The maximum Gasteiger partial charge on any atom is 0.408 e. The van der Waals surface area contributed by atoms with E-state index in [0.29, 0.717) is 5.56 Å². The second-order valence-corrected chi connectivity index (χ2v) is 8.06. The molecule has 0 aliphatic heterocycles. The fourth-order valence-corrected chi connectivity index (χ4v) is 3.19. The molecule has 0 aliphatic carbocycles. The lowest BCUT2D eigenvalue weighted by Gasteiger charge is -2.25. The van der Waals surface area contributed by atoms with Crippen LogP contribution >= 0.6 is 11.3 Å². The highest BCUT2D eigenvalue weighted by atomic mass is 32.1. The lowest BCUT2D eigenvalue weighted by atomic mass is 10.0. The molecular formula is C19H25N3O3S. The minimum atomic E-state index is -0.809. The van der Waals surface area contributed by atoms with Gasteiger partial charge < -0.3 is 15.0 Å². The normalized spacial score (nSPS) is 12.4. The first-order valence-corrected chi connectivity index (χ1v) is 9.17.